The second kappa shape index (κ2) is 4.91. The van der Waals surface area contributed by atoms with Crippen LogP contribution in [0.4, 0.5) is 0 Å². The Hall–Kier alpha value is -0.870. The van der Waals surface area contributed by atoms with Crippen molar-refractivity contribution in [2.45, 2.75) is 53.0 Å². The van der Waals surface area contributed by atoms with Gasteiger partial charge in [-0.05, 0) is 44.6 Å². The minimum absolute atomic E-state index is 0.0841. The fourth-order valence-electron chi connectivity index (χ4n) is 2.55. The lowest BCUT2D eigenvalue weighted by molar-refractivity contribution is 0.495. The van der Waals surface area contributed by atoms with Crippen molar-refractivity contribution in [1.29, 1.82) is 0 Å². The van der Waals surface area contributed by atoms with Gasteiger partial charge in [0, 0.05) is 27.1 Å². The lowest BCUT2D eigenvalue weighted by Gasteiger charge is -2.24. The van der Waals surface area contributed by atoms with Crippen LogP contribution in [-0.2, 0) is 5.41 Å². The zero-order valence-corrected chi connectivity index (χ0v) is 14.1. The van der Waals surface area contributed by atoms with Crippen molar-refractivity contribution < 1.29 is 0 Å². The molecule has 0 aromatic carbocycles. The van der Waals surface area contributed by atoms with Crippen LogP contribution in [0.25, 0.3) is 0 Å². The maximum atomic E-state index is 5.48. The van der Waals surface area contributed by atoms with Crippen LogP contribution in [0.1, 0.15) is 54.7 Å². The molecule has 19 heavy (non-hydrogen) atoms. The number of thiophene rings is 1. The van der Waals surface area contributed by atoms with E-state index in [0.29, 0.717) is 0 Å². The fraction of sp³-hybridized carbons (Fsp3) is 0.533. The molecule has 0 bridgehead atoms. The van der Waals surface area contributed by atoms with Crippen molar-refractivity contribution in [3.8, 4) is 0 Å². The number of aromatic amines is 1. The first-order chi connectivity index (χ1) is 8.71. The summed E-state index contributed by atoms with van der Waals surface area (Å²) in [5.41, 5.74) is 2.72. The third kappa shape index (κ3) is 2.70. The molecule has 2 aromatic heterocycles. The van der Waals surface area contributed by atoms with E-state index in [1.807, 2.05) is 17.5 Å². The van der Waals surface area contributed by atoms with Gasteiger partial charge in [-0.1, -0.05) is 20.8 Å². The van der Waals surface area contributed by atoms with Crippen LogP contribution < -0.4 is 0 Å². The molecule has 0 aliphatic rings. The van der Waals surface area contributed by atoms with Gasteiger partial charge in [-0.3, -0.25) is 0 Å². The second-order valence-corrected chi connectivity index (χ2v) is 7.99. The number of hydrogen-bond donors (Lipinski definition) is 1. The van der Waals surface area contributed by atoms with Gasteiger partial charge < -0.3 is 9.55 Å². The Morgan fingerprint density at radius 1 is 1.32 bits per heavy atom. The molecule has 4 heteroatoms. The molecule has 1 unspecified atom stereocenters. The summed E-state index contributed by atoms with van der Waals surface area (Å²) in [7, 11) is 0. The summed E-state index contributed by atoms with van der Waals surface area (Å²) in [6.07, 6.45) is 2.05. The minimum atomic E-state index is 0.0841. The molecule has 0 aliphatic heterocycles. The summed E-state index contributed by atoms with van der Waals surface area (Å²) in [4.78, 5) is 5.94. The number of nitrogens with one attached hydrogen (secondary N) is 1. The van der Waals surface area contributed by atoms with Crippen molar-refractivity contribution in [1.82, 2.24) is 9.55 Å². The molecule has 2 heterocycles. The van der Waals surface area contributed by atoms with Gasteiger partial charge in [0.2, 0.25) is 0 Å². The van der Waals surface area contributed by atoms with Crippen LogP contribution >= 0.6 is 23.6 Å². The van der Waals surface area contributed by atoms with E-state index in [2.05, 4.69) is 57.2 Å². The summed E-state index contributed by atoms with van der Waals surface area (Å²) < 4.78 is 3.06. The number of nitrogens with zero attached hydrogens (tertiary/aromatic N) is 1. The van der Waals surface area contributed by atoms with Gasteiger partial charge in [0.15, 0.2) is 4.77 Å². The quantitative estimate of drug-likeness (QED) is 0.761. The molecule has 104 valence electrons. The number of aromatic nitrogens is 2. The minimum Gasteiger partial charge on any atom is -0.337 e. The van der Waals surface area contributed by atoms with Gasteiger partial charge in [0.05, 0.1) is 6.04 Å². The van der Waals surface area contributed by atoms with Crippen molar-refractivity contribution >= 4 is 23.6 Å². The molecule has 0 amide bonds. The topological polar surface area (TPSA) is 20.7 Å². The molecule has 2 rings (SSSR count). The first-order valence-corrected chi connectivity index (χ1v) is 7.81. The molecule has 0 saturated carbocycles. The molecule has 0 radical (unpaired) electrons. The number of imidazole rings is 1. The Morgan fingerprint density at radius 2 is 1.95 bits per heavy atom. The zero-order chi connectivity index (χ0) is 14.4. The van der Waals surface area contributed by atoms with Crippen LogP contribution in [0, 0.1) is 18.6 Å². The normalized spacial score (nSPS) is 13.8. The molecule has 0 spiro atoms. The Labute approximate surface area is 124 Å². The van der Waals surface area contributed by atoms with E-state index in [4.69, 9.17) is 12.2 Å². The molecule has 0 aliphatic carbocycles. The molecular formula is C15H22N2S2. The number of H-pyrrole nitrogens is 1. The zero-order valence-electron chi connectivity index (χ0n) is 12.5. The summed E-state index contributed by atoms with van der Waals surface area (Å²) >= 11 is 7.34. The van der Waals surface area contributed by atoms with Crippen LogP contribution in [0.15, 0.2) is 12.3 Å². The van der Waals surface area contributed by atoms with Crippen molar-refractivity contribution in [3.05, 3.63) is 38.0 Å². The summed E-state index contributed by atoms with van der Waals surface area (Å²) in [5.74, 6) is 0. The van der Waals surface area contributed by atoms with Gasteiger partial charge in [0.25, 0.3) is 0 Å². The molecule has 0 saturated heterocycles. The molecule has 0 fully saturated rings. The highest BCUT2D eigenvalue weighted by molar-refractivity contribution is 7.71. The molecule has 2 nitrogen and oxygen atoms in total. The highest BCUT2D eigenvalue weighted by Crippen LogP contribution is 2.32. The maximum absolute atomic E-state index is 5.48. The highest BCUT2D eigenvalue weighted by atomic mass is 32.1. The molecule has 1 N–H and O–H groups in total. The van der Waals surface area contributed by atoms with Gasteiger partial charge in [-0.2, -0.15) is 0 Å². The van der Waals surface area contributed by atoms with Crippen molar-refractivity contribution in [2.24, 2.45) is 0 Å². The second-order valence-electron chi connectivity index (χ2n) is 6.14. The van der Waals surface area contributed by atoms with Crippen LogP contribution in [-0.4, -0.2) is 9.55 Å². The van der Waals surface area contributed by atoms with Gasteiger partial charge in [-0.25, -0.2) is 0 Å². The van der Waals surface area contributed by atoms with Gasteiger partial charge in [-0.15, -0.1) is 11.3 Å². The fourth-order valence-corrected chi connectivity index (χ4v) is 3.88. The van der Waals surface area contributed by atoms with E-state index in [0.717, 1.165) is 4.77 Å². The standard InChI is InChI=1S/C15H22N2S2/c1-9-7-12(11(3)19-9)10(2)17-13(15(4,5)6)8-16-14(17)18/h7-8,10H,1-6H3,(H,16,18). The largest absolute Gasteiger partial charge is 0.337 e. The van der Waals surface area contributed by atoms with Gasteiger partial charge >= 0.3 is 0 Å². The van der Waals surface area contributed by atoms with Crippen molar-refractivity contribution in [2.75, 3.05) is 0 Å². The average Bonchev–Trinajstić information content (AvgIpc) is 2.80. The monoisotopic (exact) mass is 294 g/mol. The van der Waals surface area contributed by atoms with Crippen molar-refractivity contribution in [3.63, 3.8) is 0 Å². The number of aryl methyl sites for hydroxylation is 2. The smallest absolute Gasteiger partial charge is 0.177 e. The molecule has 1 atom stereocenters. The first-order valence-electron chi connectivity index (χ1n) is 6.59. The van der Waals surface area contributed by atoms with E-state index >= 15 is 0 Å². The Balaban J connectivity index is 2.56. The number of hydrogen-bond acceptors (Lipinski definition) is 2. The van der Waals surface area contributed by atoms with Gasteiger partial charge in [0.1, 0.15) is 0 Å². The Bertz CT molecular complexity index is 638. The summed E-state index contributed by atoms with van der Waals surface area (Å²) in [6, 6.07) is 2.56. The third-order valence-electron chi connectivity index (χ3n) is 3.50. The molecule has 2 aromatic rings. The predicted molar refractivity (Wildman–Crippen MR) is 85.9 cm³/mol. The first kappa shape index (κ1) is 14.5. The van der Waals surface area contributed by atoms with E-state index in [9.17, 15) is 0 Å². The summed E-state index contributed by atoms with van der Waals surface area (Å²) in [6.45, 7) is 13.2. The highest BCUT2D eigenvalue weighted by Gasteiger charge is 2.23. The van der Waals surface area contributed by atoms with E-state index in [1.165, 1.54) is 21.0 Å². The number of rotatable bonds is 2. The predicted octanol–water partition coefficient (Wildman–Crippen LogP) is 5.13. The van der Waals surface area contributed by atoms with Crippen LogP contribution in [0.2, 0.25) is 0 Å². The van der Waals surface area contributed by atoms with E-state index in [-0.39, 0.29) is 11.5 Å². The Kier molecular flexibility index (Phi) is 3.76. The van der Waals surface area contributed by atoms with Crippen LogP contribution in [0.5, 0.6) is 0 Å². The lowest BCUT2D eigenvalue weighted by atomic mass is 9.92. The molecular weight excluding hydrogens is 272 g/mol. The van der Waals surface area contributed by atoms with E-state index < -0.39 is 0 Å². The van der Waals surface area contributed by atoms with Crippen LogP contribution in [0.3, 0.4) is 0 Å². The van der Waals surface area contributed by atoms with E-state index in [1.54, 1.807) is 0 Å². The average molecular weight is 294 g/mol. The Morgan fingerprint density at radius 3 is 2.42 bits per heavy atom. The lowest BCUT2D eigenvalue weighted by Crippen LogP contribution is -2.20. The maximum Gasteiger partial charge on any atom is 0.177 e. The third-order valence-corrected chi connectivity index (χ3v) is 4.79. The SMILES string of the molecule is Cc1cc(C(C)n2c(C(C)(C)C)c[nH]c2=S)c(C)s1. The summed E-state index contributed by atoms with van der Waals surface area (Å²) in [5, 5.41) is 0.